The van der Waals surface area contributed by atoms with Gasteiger partial charge in [0.25, 0.3) is 0 Å². The number of aliphatic hydroxyl groups is 5. The highest BCUT2D eigenvalue weighted by atomic mass is 16.3. The molecular weight excluding hydrogens is 1220 g/mol. The maximum Gasteiger partial charge on any atom is 0.129 e. The van der Waals surface area contributed by atoms with Crippen LogP contribution in [0.3, 0.4) is 0 Å². The predicted molar refractivity (Wildman–Crippen MR) is 430 cm³/mol. The van der Waals surface area contributed by atoms with Crippen LogP contribution in [0.2, 0.25) is 0 Å². The average molecular weight is 1390 g/mol. The normalized spacial score (nSPS) is 11.6. The minimum absolute atomic E-state index is 0. The Balaban J connectivity index is -0.000000209. The van der Waals surface area contributed by atoms with Gasteiger partial charge in [-0.05, 0) is 202 Å². The Morgan fingerprint density at radius 2 is 0.378 bits per heavy atom. The van der Waals surface area contributed by atoms with Crippen LogP contribution in [-0.4, -0.2) is 86.5 Å². The Morgan fingerprint density at radius 3 is 0.541 bits per heavy atom. The number of Topliss-reactive ketones (excluding diaryl/α,β-unsaturated/α-hetero) is 5. The summed E-state index contributed by atoms with van der Waals surface area (Å²) in [4.78, 5) is 53.7. The minimum atomic E-state index is -0.614. The number of ketones is 5. The zero-order valence-electron chi connectivity index (χ0n) is 66.1. The third-order valence-corrected chi connectivity index (χ3v) is 17.2. The van der Waals surface area contributed by atoms with Gasteiger partial charge >= 0.3 is 0 Å². The summed E-state index contributed by atoms with van der Waals surface area (Å²) in [7, 11) is 0. The van der Waals surface area contributed by atoms with Crippen molar-refractivity contribution in [1.29, 1.82) is 0 Å². The van der Waals surface area contributed by atoms with Crippen molar-refractivity contribution in [2.75, 3.05) is 19.8 Å². The summed E-state index contributed by atoms with van der Waals surface area (Å²) in [5.74, 6) is 1.57. The standard InChI is InChI=1S/C17H34O4.2C17H32O2.2C17H32O.C2H6.CH4/c1-15(19)11-7-3-2-4-8-12-16(20)17(21)13-9-5-6-10-14-18;2*1-17(19)15-13-11-9-7-5-3-2-4-6-8-10-12-14-16-18;2*1-3-4-5-6-7-8-9-10-11-12-13-14-15-16-17(2)18;1-2;/h16-18,20-21H,2-14H2,1H3;2*2,4,18H,3,5-16H2,1H3;2*8-9H,3-7,10-16H2,1-2H3;1-2H3;1H4/b;4-2+;4-2-;9-8+;9-8-;;. The van der Waals surface area contributed by atoms with Crippen LogP contribution >= 0.6 is 0 Å². The third kappa shape index (κ3) is 123. The summed E-state index contributed by atoms with van der Waals surface area (Å²) in [5, 5.41) is 45.6. The lowest BCUT2D eigenvalue weighted by atomic mass is 10.00. The molecule has 0 rings (SSSR count). The number of allylic oxidation sites excluding steroid dienone is 8. The van der Waals surface area contributed by atoms with Gasteiger partial charge in [-0.15, -0.1) is 0 Å². The Bertz CT molecular complexity index is 1560. The molecule has 0 bridgehead atoms. The van der Waals surface area contributed by atoms with Gasteiger partial charge in [0.05, 0.1) is 12.2 Å². The number of aliphatic hydroxyl groups excluding tert-OH is 5. The van der Waals surface area contributed by atoms with Crippen LogP contribution in [0.4, 0.5) is 0 Å². The van der Waals surface area contributed by atoms with Gasteiger partial charge in [-0.25, -0.2) is 0 Å². The zero-order chi connectivity index (χ0) is 73.2. The summed E-state index contributed by atoms with van der Waals surface area (Å²) in [6.07, 6.45) is 85.8. The molecule has 10 nitrogen and oxygen atoms in total. The molecule has 2 atom stereocenters. The van der Waals surface area contributed by atoms with Gasteiger partial charge in [0.2, 0.25) is 0 Å². The molecule has 98 heavy (non-hydrogen) atoms. The Hall–Kier alpha value is -2.89. The molecule has 0 radical (unpaired) electrons. The van der Waals surface area contributed by atoms with Gasteiger partial charge in [0, 0.05) is 51.9 Å². The van der Waals surface area contributed by atoms with E-state index in [0.29, 0.717) is 55.6 Å². The molecular formula is C88H172O10. The van der Waals surface area contributed by atoms with Gasteiger partial charge in [-0.1, -0.05) is 270 Å². The van der Waals surface area contributed by atoms with Crippen molar-refractivity contribution in [1.82, 2.24) is 0 Å². The molecule has 10 heteroatoms. The highest BCUT2D eigenvalue weighted by Crippen LogP contribution is 2.17. The molecule has 0 fully saturated rings. The van der Waals surface area contributed by atoms with Crippen LogP contribution in [0.1, 0.15) is 455 Å². The molecule has 0 amide bonds. The smallest absolute Gasteiger partial charge is 0.129 e. The number of unbranched alkanes of at least 4 members (excludes halogenated alkanes) is 43. The zero-order valence-corrected chi connectivity index (χ0v) is 66.1. The second-order valence-electron chi connectivity index (χ2n) is 27.5. The number of rotatable bonds is 69. The predicted octanol–water partition coefficient (Wildman–Crippen LogP) is 25.9. The van der Waals surface area contributed by atoms with Crippen molar-refractivity contribution < 1.29 is 49.5 Å². The number of hydrogen-bond acceptors (Lipinski definition) is 10. The summed E-state index contributed by atoms with van der Waals surface area (Å²) >= 11 is 0. The largest absolute Gasteiger partial charge is 0.396 e. The molecule has 5 N–H and O–H groups in total. The molecule has 584 valence electrons. The second kappa shape index (κ2) is 103. The van der Waals surface area contributed by atoms with Crippen LogP contribution in [0.15, 0.2) is 48.6 Å². The highest BCUT2D eigenvalue weighted by molar-refractivity contribution is 5.76. The van der Waals surface area contributed by atoms with Gasteiger partial charge in [0.1, 0.15) is 28.9 Å². The molecule has 0 aliphatic carbocycles. The number of carbonyl (C=O) groups is 5. The summed E-state index contributed by atoms with van der Waals surface area (Å²) in [6.45, 7) is 17.8. The van der Waals surface area contributed by atoms with Crippen LogP contribution < -0.4 is 0 Å². The molecule has 0 aromatic heterocycles. The van der Waals surface area contributed by atoms with E-state index < -0.39 is 12.2 Å². The first-order valence-electron chi connectivity index (χ1n) is 41.4. The summed E-state index contributed by atoms with van der Waals surface area (Å²) < 4.78 is 0. The van der Waals surface area contributed by atoms with E-state index in [-0.39, 0.29) is 19.8 Å². The van der Waals surface area contributed by atoms with E-state index in [1.54, 1.807) is 34.6 Å². The lowest BCUT2D eigenvalue weighted by Gasteiger charge is -2.17. The Morgan fingerprint density at radius 1 is 0.235 bits per heavy atom. The maximum atomic E-state index is 10.8. The summed E-state index contributed by atoms with van der Waals surface area (Å²) in [6, 6.07) is 0. The Labute approximate surface area is 611 Å². The summed E-state index contributed by atoms with van der Waals surface area (Å²) in [5.41, 5.74) is 0. The van der Waals surface area contributed by atoms with E-state index in [1.165, 1.54) is 231 Å². The van der Waals surface area contributed by atoms with Crippen LogP contribution in [-0.2, 0) is 24.0 Å². The van der Waals surface area contributed by atoms with Crippen molar-refractivity contribution >= 4 is 28.9 Å². The first-order chi connectivity index (χ1) is 47.2. The molecule has 0 spiro atoms. The fourth-order valence-electron chi connectivity index (χ4n) is 10.9. The van der Waals surface area contributed by atoms with E-state index in [9.17, 15) is 34.2 Å². The monoisotopic (exact) mass is 1390 g/mol. The molecule has 0 aliphatic rings. The molecule has 0 heterocycles. The van der Waals surface area contributed by atoms with E-state index in [4.69, 9.17) is 15.3 Å². The third-order valence-electron chi connectivity index (χ3n) is 17.2. The topological polar surface area (TPSA) is 186 Å². The molecule has 0 saturated heterocycles. The minimum Gasteiger partial charge on any atom is -0.396 e. The van der Waals surface area contributed by atoms with Crippen molar-refractivity contribution in [3.05, 3.63) is 48.6 Å². The Kier molecular flexibility index (Phi) is 114. The van der Waals surface area contributed by atoms with E-state index in [1.807, 2.05) is 13.8 Å². The van der Waals surface area contributed by atoms with Crippen molar-refractivity contribution in [3.8, 4) is 0 Å². The van der Waals surface area contributed by atoms with Gasteiger partial charge in [0.15, 0.2) is 0 Å². The fourth-order valence-corrected chi connectivity index (χ4v) is 10.9. The highest BCUT2D eigenvalue weighted by Gasteiger charge is 2.15. The quantitative estimate of drug-likeness (QED) is 0.0290. The van der Waals surface area contributed by atoms with Crippen LogP contribution in [0.25, 0.3) is 0 Å². The van der Waals surface area contributed by atoms with Gasteiger partial charge in [-0.2, -0.15) is 0 Å². The van der Waals surface area contributed by atoms with Gasteiger partial charge in [-0.3, -0.25) is 0 Å². The number of hydrogen-bond donors (Lipinski definition) is 5. The molecule has 0 aromatic carbocycles. The van der Waals surface area contributed by atoms with E-state index >= 15 is 0 Å². The molecule has 0 aliphatic heterocycles. The van der Waals surface area contributed by atoms with Crippen molar-refractivity contribution in [2.45, 2.75) is 467 Å². The van der Waals surface area contributed by atoms with E-state index in [2.05, 4.69) is 62.5 Å². The lowest BCUT2D eigenvalue weighted by molar-refractivity contribution is -0.117. The SMILES string of the molecule is C.CC.CC(=O)CCCCCCC/C=C/CCCCCCO.CC(=O)CCCCCCC/C=C\CCCCCCO.CC(=O)CCCCCCCC(O)C(O)CCCCCCO.CCCCCC/C=C/CCCCCCCC(C)=O.CCCCCC/C=C\CCCCCCCC(C)=O. The van der Waals surface area contributed by atoms with Crippen molar-refractivity contribution in [3.63, 3.8) is 0 Å². The fraction of sp³-hybridized carbons (Fsp3) is 0.852. The second-order valence-corrected chi connectivity index (χ2v) is 27.5. The van der Waals surface area contributed by atoms with Crippen LogP contribution in [0.5, 0.6) is 0 Å². The molecule has 2 unspecified atom stereocenters. The maximum absolute atomic E-state index is 10.8. The first kappa shape index (κ1) is 109. The molecule has 0 aromatic rings. The van der Waals surface area contributed by atoms with Crippen molar-refractivity contribution in [2.24, 2.45) is 0 Å². The van der Waals surface area contributed by atoms with E-state index in [0.717, 1.165) is 135 Å². The average Bonchev–Trinajstić information content (AvgIpc) is 3.64. The van der Waals surface area contributed by atoms with Gasteiger partial charge < -0.3 is 49.5 Å². The van der Waals surface area contributed by atoms with Crippen LogP contribution in [0, 0.1) is 0 Å². The lowest BCUT2D eigenvalue weighted by Crippen LogP contribution is -2.25. The molecule has 0 saturated carbocycles. The number of carbonyl (C=O) groups excluding carboxylic acids is 5. The first-order valence-corrected chi connectivity index (χ1v) is 41.4.